The van der Waals surface area contributed by atoms with Gasteiger partial charge in [0.15, 0.2) is 0 Å². The zero-order valence-corrected chi connectivity index (χ0v) is 11.6. The largest absolute Gasteiger partial charge is 0.341 e. The maximum absolute atomic E-state index is 12.3. The van der Waals surface area contributed by atoms with Gasteiger partial charge in [-0.3, -0.25) is 9.59 Å². The summed E-state index contributed by atoms with van der Waals surface area (Å²) in [6, 6.07) is 0.447. The molecule has 0 radical (unpaired) electrons. The summed E-state index contributed by atoms with van der Waals surface area (Å²) in [7, 11) is 1.93. The van der Waals surface area contributed by atoms with Gasteiger partial charge in [-0.2, -0.15) is 0 Å². The zero-order valence-electron chi connectivity index (χ0n) is 10.8. The lowest BCUT2D eigenvalue weighted by Gasteiger charge is -2.30. The smallest absolute Gasteiger partial charge is 0.242 e. The lowest BCUT2D eigenvalue weighted by molar-refractivity contribution is -0.139. The van der Waals surface area contributed by atoms with Crippen LogP contribution in [0.3, 0.4) is 0 Å². The van der Waals surface area contributed by atoms with Gasteiger partial charge in [0.05, 0.1) is 11.6 Å². The second-order valence-electron chi connectivity index (χ2n) is 5.74. The molecule has 2 saturated carbocycles. The van der Waals surface area contributed by atoms with Crippen LogP contribution in [0, 0.1) is 11.8 Å². The maximum atomic E-state index is 12.3. The monoisotopic (exact) mass is 268 g/mol. The molecule has 3 rings (SSSR count). The third kappa shape index (κ3) is 2.51. The van der Waals surface area contributed by atoms with Crippen molar-refractivity contribution in [3.8, 4) is 0 Å². The van der Waals surface area contributed by atoms with Crippen LogP contribution < -0.4 is 0 Å². The first-order valence-corrected chi connectivity index (χ1v) is 7.93. The third-order valence-electron chi connectivity index (χ3n) is 4.20. The Kier molecular flexibility index (Phi) is 3.26. The molecule has 3 aliphatic rings. The first-order valence-electron chi connectivity index (χ1n) is 6.78. The zero-order chi connectivity index (χ0) is 12.7. The Balaban J connectivity index is 1.58. The molecule has 1 aliphatic heterocycles. The SMILES string of the molecule is CN(C(=O)CN1CSCC1=O)C(C1CC1)C1CC1. The average Bonchev–Trinajstić information content (AvgIpc) is 3.23. The molecule has 0 aromatic heterocycles. The number of carbonyl (C=O) groups excluding carboxylic acids is 2. The van der Waals surface area contributed by atoms with E-state index in [-0.39, 0.29) is 18.4 Å². The Morgan fingerprint density at radius 1 is 1.39 bits per heavy atom. The van der Waals surface area contributed by atoms with Gasteiger partial charge in [-0.15, -0.1) is 11.8 Å². The molecule has 1 saturated heterocycles. The number of amides is 2. The summed E-state index contributed by atoms with van der Waals surface area (Å²) < 4.78 is 0. The molecule has 0 atom stereocenters. The fourth-order valence-corrected chi connectivity index (χ4v) is 3.78. The second-order valence-corrected chi connectivity index (χ2v) is 6.69. The van der Waals surface area contributed by atoms with Crippen molar-refractivity contribution in [2.45, 2.75) is 31.7 Å². The van der Waals surface area contributed by atoms with Crippen molar-refractivity contribution in [2.24, 2.45) is 11.8 Å². The summed E-state index contributed by atoms with van der Waals surface area (Å²) in [6.07, 6.45) is 5.10. The Hall–Kier alpha value is -0.710. The topological polar surface area (TPSA) is 40.6 Å². The number of thioether (sulfide) groups is 1. The minimum Gasteiger partial charge on any atom is -0.341 e. The molecule has 2 amide bonds. The minimum absolute atomic E-state index is 0.108. The first-order chi connectivity index (χ1) is 8.66. The molecule has 3 fully saturated rings. The Labute approximate surface area is 112 Å². The van der Waals surface area contributed by atoms with Gasteiger partial charge >= 0.3 is 0 Å². The maximum Gasteiger partial charge on any atom is 0.242 e. The number of hydrogen-bond acceptors (Lipinski definition) is 3. The van der Waals surface area contributed by atoms with Gasteiger partial charge in [0.1, 0.15) is 6.54 Å². The summed E-state index contributed by atoms with van der Waals surface area (Å²) in [5, 5.41) is 0. The fourth-order valence-electron chi connectivity index (χ4n) is 2.87. The molecule has 0 unspecified atom stereocenters. The van der Waals surface area contributed by atoms with Crippen molar-refractivity contribution in [2.75, 3.05) is 25.2 Å². The highest BCUT2D eigenvalue weighted by molar-refractivity contribution is 8.00. The molecule has 1 heterocycles. The molecule has 0 N–H and O–H groups in total. The van der Waals surface area contributed by atoms with Gasteiger partial charge in [-0.25, -0.2) is 0 Å². The van der Waals surface area contributed by atoms with E-state index >= 15 is 0 Å². The molecule has 0 bridgehead atoms. The lowest BCUT2D eigenvalue weighted by atomic mass is 10.1. The highest BCUT2D eigenvalue weighted by Crippen LogP contribution is 2.46. The fraction of sp³-hybridized carbons (Fsp3) is 0.846. The standard InChI is InChI=1S/C13H20N2O2S/c1-14(13(9-2-3-9)10-4-5-10)11(16)6-15-8-18-7-12(15)17/h9-10,13H,2-8H2,1H3. The molecule has 18 heavy (non-hydrogen) atoms. The van der Waals surface area contributed by atoms with Crippen LogP contribution in [0.1, 0.15) is 25.7 Å². The summed E-state index contributed by atoms with van der Waals surface area (Å²) >= 11 is 1.60. The summed E-state index contributed by atoms with van der Waals surface area (Å²) in [6.45, 7) is 0.276. The normalized spacial score (nSPS) is 23.9. The molecule has 2 aliphatic carbocycles. The summed E-state index contributed by atoms with van der Waals surface area (Å²) in [5.74, 6) is 2.90. The average molecular weight is 268 g/mol. The van der Waals surface area contributed by atoms with Gasteiger partial charge in [0.25, 0.3) is 0 Å². The van der Waals surface area contributed by atoms with Crippen molar-refractivity contribution in [1.82, 2.24) is 9.80 Å². The Morgan fingerprint density at radius 2 is 2.00 bits per heavy atom. The number of hydrogen-bond donors (Lipinski definition) is 0. The highest BCUT2D eigenvalue weighted by atomic mass is 32.2. The second kappa shape index (κ2) is 4.76. The quantitative estimate of drug-likeness (QED) is 0.751. The number of carbonyl (C=O) groups is 2. The molecular weight excluding hydrogens is 248 g/mol. The van der Waals surface area contributed by atoms with Gasteiger partial charge in [-0.1, -0.05) is 0 Å². The molecule has 0 aromatic rings. The predicted octanol–water partition coefficient (Wildman–Crippen LogP) is 1.17. The predicted molar refractivity (Wildman–Crippen MR) is 71.0 cm³/mol. The highest BCUT2D eigenvalue weighted by Gasteiger charge is 2.45. The van der Waals surface area contributed by atoms with Crippen molar-refractivity contribution < 1.29 is 9.59 Å². The van der Waals surface area contributed by atoms with Crippen molar-refractivity contribution >= 4 is 23.6 Å². The Morgan fingerprint density at radius 3 is 2.44 bits per heavy atom. The van der Waals surface area contributed by atoms with Crippen LogP contribution >= 0.6 is 11.8 Å². The molecule has 5 heteroatoms. The van der Waals surface area contributed by atoms with E-state index in [0.717, 1.165) is 11.8 Å². The molecular formula is C13H20N2O2S. The van der Waals surface area contributed by atoms with Crippen LogP contribution in [0.15, 0.2) is 0 Å². The molecule has 0 spiro atoms. The van der Waals surface area contributed by atoms with Crippen molar-refractivity contribution in [1.29, 1.82) is 0 Å². The van der Waals surface area contributed by atoms with E-state index < -0.39 is 0 Å². The van der Waals surface area contributed by atoms with Crippen molar-refractivity contribution in [3.05, 3.63) is 0 Å². The van der Waals surface area contributed by atoms with E-state index in [1.165, 1.54) is 25.7 Å². The van der Waals surface area contributed by atoms with E-state index in [0.29, 0.717) is 17.7 Å². The van der Waals surface area contributed by atoms with E-state index in [2.05, 4.69) is 0 Å². The van der Waals surface area contributed by atoms with Crippen molar-refractivity contribution in [3.63, 3.8) is 0 Å². The first kappa shape index (κ1) is 12.3. The molecule has 0 aromatic carbocycles. The number of rotatable bonds is 5. The van der Waals surface area contributed by atoms with E-state index in [1.807, 2.05) is 11.9 Å². The van der Waals surface area contributed by atoms with E-state index in [4.69, 9.17) is 0 Å². The lowest BCUT2D eigenvalue weighted by Crippen LogP contribution is -2.45. The van der Waals surface area contributed by atoms with Crippen LogP contribution in [0.25, 0.3) is 0 Å². The minimum atomic E-state index is 0.108. The van der Waals surface area contributed by atoms with Gasteiger partial charge in [0, 0.05) is 13.1 Å². The molecule has 4 nitrogen and oxygen atoms in total. The van der Waals surface area contributed by atoms with Gasteiger partial charge in [-0.05, 0) is 37.5 Å². The van der Waals surface area contributed by atoms with E-state index in [1.54, 1.807) is 16.7 Å². The van der Waals surface area contributed by atoms with Crippen LogP contribution in [0.5, 0.6) is 0 Å². The Bertz CT molecular complexity index is 354. The molecule has 100 valence electrons. The van der Waals surface area contributed by atoms with Crippen LogP contribution in [0.2, 0.25) is 0 Å². The number of likely N-dealkylation sites (N-methyl/N-ethyl adjacent to an activating group) is 1. The van der Waals surface area contributed by atoms with Crippen LogP contribution in [0.4, 0.5) is 0 Å². The third-order valence-corrected chi connectivity index (χ3v) is 5.15. The van der Waals surface area contributed by atoms with Crippen LogP contribution in [-0.4, -0.2) is 52.9 Å². The number of nitrogens with zero attached hydrogens (tertiary/aromatic N) is 2. The van der Waals surface area contributed by atoms with E-state index in [9.17, 15) is 9.59 Å². The van der Waals surface area contributed by atoms with Gasteiger partial charge in [0.2, 0.25) is 11.8 Å². The summed E-state index contributed by atoms with van der Waals surface area (Å²) in [4.78, 5) is 27.4. The van der Waals surface area contributed by atoms with Crippen LogP contribution in [-0.2, 0) is 9.59 Å². The summed E-state index contributed by atoms with van der Waals surface area (Å²) in [5.41, 5.74) is 0. The van der Waals surface area contributed by atoms with Gasteiger partial charge < -0.3 is 9.80 Å².